The average molecular weight is 367 g/mol. The Balaban J connectivity index is 2.09. The molecule has 0 N–H and O–H groups in total. The van der Waals surface area contributed by atoms with E-state index in [1.807, 2.05) is 0 Å². The van der Waals surface area contributed by atoms with E-state index in [-0.39, 0.29) is 11.5 Å². The van der Waals surface area contributed by atoms with E-state index in [4.69, 9.17) is 23.2 Å². The van der Waals surface area contributed by atoms with Gasteiger partial charge in [0.15, 0.2) is 0 Å². The summed E-state index contributed by atoms with van der Waals surface area (Å²) in [4.78, 5) is 0. The molecule has 0 amide bonds. The van der Waals surface area contributed by atoms with Crippen molar-refractivity contribution in [2.24, 2.45) is 0 Å². The quantitative estimate of drug-likeness (QED) is 0.701. The molecular weight excluding hydrogens is 356 g/mol. The maximum atomic E-state index is 12.6. The maximum Gasteiger partial charge on any atom is 0.416 e. The van der Waals surface area contributed by atoms with Gasteiger partial charge >= 0.3 is 6.18 Å². The van der Waals surface area contributed by atoms with E-state index in [1.165, 1.54) is 12.1 Å². The standard InChI is InChI=1S/C15H11Cl2F3OS/c16-13-5-4-11(14(17)7-13)9-22(21)8-10-2-1-3-12(6-10)15(18,19)20/h1-7H,8-9H2. The van der Waals surface area contributed by atoms with Crippen LogP contribution in [0.25, 0.3) is 0 Å². The Morgan fingerprint density at radius 2 is 1.73 bits per heavy atom. The predicted octanol–water partition coefficient (Wildman–Crippen LogP) is 5.46. The SMILES string of the molecule is O=S(Cc1cccc(C(F)(F)F)c1)Cc1ccc(Cl)cc1Cl. The van der Waals surface area contributed by atoms with Gasteiger partial charge in [-0.1, -0.05) is 47.5 Å². The summed E-state index contributed by atoms with van der Waals surface area (Å²) in [5, 5.41) is 0.863. The molecule has 0 bridgehead atoms. The second-order valence-electron chi connectivity index (χ2n) is 4.66. The molecule has 2 rings (SSSR count). The molecule has 0 fully saturated rings. The molecular formula is C15H11Cl2F3OS. The first-order valence-corrected chi connectivity index (χ1v) is 8.45. The number of rotatable bonds is 4. The van der Waals surface area contributed by atoms with Crippen LogP contribution in [0, 0.1) is 0 Å². The van der Waals surface area contributed by atoms with Gasteiger partial charge in [0.1, 0.15) is 0 Å². The molecule has 1 nitrogen and oxygen atoms in total. The van der Waals surface area contributed by atoms with E-state index in [0.29, 0.717) is 21.2 Å². The van der Waals surface area contributed by atoms with Gasteiger partial charge in [-0.05, 0) is 29.3 Å². The summed E-state index contributed by atoms with van der Waals surface area (Å²) in [7, 11) is -1.37. The highest BCUT2D eigenvalue weighted by atomic mass is 35.5. The van der Waals surface area contributed by atoms with Crippen molar-refractivity contribution in [1.82, 2.24) is 0 Å². The Morgan fingerprint density at radius 1 is 1.00 bits per heavy atom. The summed E-state index contributed by atoms with van der Waals surface area (Å²) in [6, 6.07) is 9.67. The number of alkyl halides is 3. The number of halogens is 5. The van der Waals surface area contributed by atoms with Gasteiger partial charge in [0, 0.05) is 26.6 Å². The van der Waals surface area contributed by atoms with Crippen LogP contribution in [0.5, 0.6) is 0 Å². The zero-order valence-electron chi connectivity index (χ0n) is 11.2. The summed E-state index contributed by atoms with van der Waals surface area (Å²) >= 11 is 11.8. The third-order valence-electron chi connectivity index (χ3n) is 2.91. The summed E-state index contributed by atoms with van der Waals surface area (Å²) in [5.41, 5.74) is 0.279. The van der Waals surface area contributed by atoms with Gasteiger partial charge in [0.2, 0.25) is 0 Å². The van der Waals surface area contributed by atoms with Gasteiger partial charge in [0.25, 0.3) is 0 Å². The molecule has 0 aromatic heterocycles. The lowest BCUT2D eigenvalue weighted by Gasteiger charge is -2.09. The largest absolute Gasteiger partial charge is 0.416 e. The second kappa shape index (κ2) is 7.02. The van der Waals surface area contributed by atoms with Crippen LogP contribution in [0.1, 0.15) is 16.7 Å². The Hall–Kier alpha value is -1.04. The Bertz CT molecular complexity index is 701. The molecule has 0 aliphatic rings. The van der Waals surface area contributed by atoms with Crippen molar-refractivity contribution in [1.29, 1.82) is 0 Å². The van der Waals surface area contributed by atoms with Crippen LogP contribution in [0.2, 0.25) is 10.0 Å². The lowest BCUT2D eigenvalue weighted by molar-refractivity contribution is -0.137. The van der Waals surface area contributed by atoms with Crippen LogP contribution in [0.3, 0.4) is 0 Å². The molecule has 22 heavy (non-hydrogen) atoms. The van der Waals surface area contributed by atoms with Gasteiger partial charge in [-0.2, -0.15) is 13.2 Å². The fraction of sp³-hybridized carbons (Fsp3) is 0.200. The summed E-state index contributed by atoms with van der Waals surface area (Å²) < 4.78 is 50.0. The summed E-state index contributed by atoms with van der Waals surface area (Å²) in [5.74, 6) is 0.190. The molecule has 0 aliphatic heterocycles. The van der Waals surface area contributed by atoms with E-state index >= 15 is 0 Å². The third-order valence-corrected chi connectivity index (χ3v) is 4.79. The Kier molecular flexibility index (Phi) is 5.53. The lowest BCUT2D eigenvalue weighted by Crippen LogP contribution is -2.06. The molecule has 7 heteroatoms. The molecule has 0 saturated carbocycles. The topological polar surface area (TPSA) is 17.1 Å². The fourth-order valence-corrected chi connectivity index (χ4v) is 3.69. The van der Waals surface area contributed by atoms with Crippen molar-refractivity contribution in [3.8, 4) is 0 Å². The van der Waals surface area contributed by atoms with Crippen molar-refractivity contribution in [2.75, 3.05) is 0 Å². The van der Waals surface area contributed by atoms with Gasteiger partial charge in [-0.15, -0.1) is 0 Å². The highest BCUT2D eigenvalue weighted by molar-refractivity contribution is 7.83. The van der Waals surface area contributed by atoms with Crippen LogP contribution in [-0.4, -0.2) is 4.21 Å². The number of benzene rings is 2. The van der Waals surface area contributed by atoms with Crippen LogP contribution < -0.4 is 0 Å². The summed E-state index contributed by atoms with van der Waals surface area (Å²) in [6.45, 7) is 0. The van der Waals surface area contributed by atoms with Crippen LogP contribution >= 0.6 is 23.2 Å². The lowest BCUT2D eigenvalue weighted by atomic mass is 10.1. The normalized spacial score (nSPS) is 13.1. The average Bonchev–Trinajstić information content (AvgIpc) is 2.41. The van der Waals surface area contributed by atoms with E-state index in [2.05, 4.69) is 0 Å². The van der Waals surface area contributed by atoms with Crippen molar-refractivity contribution in [2.45, 2.75) is 17.7 Å². The van der Waals surface area contributed by atoms with Crippen LogP contribution in [0.15, 0.2) is 42.5 Å². The molecule has 118 valence electrons. The van der Waals surface area contributed by atoms with Crippen molar-refractivity contribution in [3.05, 3.63) is 69.2 Å². The summed E-state index contributed by atoms with van der Waals surface area (Å²) in [6.07, 6.45) is -4.41. The molecule has 2 aromatic carbocycles. The zero-order valence-corrected chi connectivity index (χ0v) is 13.5. The van der Waals surface area contributed by atoms with E-state index < -0.39 is 22.5 Å². The van der Waals surface area contributed by atoms with Gasteiger partial charge in [-0.3, -0.25) is 4.21 Å². The van der Waals surface area contributed by atoms with Crippen LogP contribution in [-0.2, 0) is 28.5 Å². The first-order valence-electron chi connectivity index (χ1n) is 6.21. The molecule has 0 aliphatic carbocycles. The molecule has 0 saturated heterocycles. The highest BCUT2D eigenvalue weighted by Gasteiger charge is 2.30. The predicted molar refractivity (Wildman–Crippen MR) is 83.5 cm³/mol. The first kappa shape index (κ1) is 17.3. The minimum Gasteiger partial charge on any atom is -0.259 e. The molecule has 2 aromatic rings. The third kappa shape index (κ3) is 4.73. The van der Waals surface area contributed by atoms with E-state index in [9.17, 15) is 17.4 Å². The van der Waals surface area contributed by atoms with Gasteiger partial charge in [0.05, 0.1) is 11.3 Å². The molecule has 0 heterocycles. The maximum absolute atomic E-state index is 12.6. The van der Waals surface area contributed by atoms with E-state index in [0.717, 1.165) is 12.1 Å². The number of hydrogen-bond acceptors (Lipinski definition) is 1. The molecule has 1 unspecified atom stereocenters. The van der Waals surface area contributed by atoms with Crippen molar-refractivity contribution in [3.63, 3.8) is 0 Å². The Morgan fingerprint density at radius 3 is 2.36 bits per heavy atom. The second-order valence-corrected chi connectivity index (χ2v) is 6.96. The minimum atomic E-state index is -4.41. The first-order chi connectivity index (χ1) is 10.3. The minimum absolute atomic E-state index is 0.0306. The van der Waals surface area contributed by atoms with Crippen LogP contribution in [0.4, 0.5) is 13.2 Å². The van der Waals surface area contributed by atoms with Gasteiger partial charge in [-0.25, -0.2) is 0 Å². The highest BCUT2D eigenvalue weighted by Crippen LogP contribution is 2.30. The smallest absolute Gasteiger partial charge is 0.259 e. The molecule has 0 spiro atoms. The zero-order chi connectivity index (χ0) is 16.3. The van der Waals surface area contributed by atoms with Crippen molar-refractivity contribution >= 4 is 34.0 Å². The molecule has 0 radical (unpaired) electrons. The van der Waals surface area contributed by atoms with E-state index in [1.54, 1.807) is 18.2 Å². The fourth-order valence-electron chi connectivity index (χ4n) is 1.89. The Labute approximate surface area is 138 Å². The number of hydrogen-bond donors (Lipinski definition) is 0. The monoisotopic (exact) mass is 366 g/mol. The van der Waals surface area contributed by atoms with Crippen molar-refractivity contribution < 1.29 is 17.4 Å². The van der Waals surface area contributed by atoms with Gasteiger partial charge < -0.3 is 0 Å². The molecule has 1 atom stereocenters.